The summed E-state index contributed by atoms with van der Waals surface area (Å²) >= 11 is 0. The quantitative estimate of drug-likeness (QED) is 0.175. The second-order valence-corrected chi connectivity index (χ2v) is 18.4. The van der Waals surface area contributed by atoms with E-state index in [0.717, 1.165) is 16.6 Å². The Balaban J connectivity index is 1.37. The summed E-state index contributed by atoms with van der Waals surface area (Å²) in [7, 11) is 0. The molecule has 0 fully saturated rings. The fraction of sp³-hybridized carbons (Fsp3) is 0.250. The van der Waals surface area contributed by atoms with Crippen LogP contribution in [0.1, 0.15) is 146 Å². The Bertz CT molecular complexity index is 2870. The molecular weight excluding hydrogens is 689 g/mol. The van der Waals surface area contributed by atoms with E-state index in [9.17, 15) is 0 Å². The van der Waals surface area contributed by atoms with Crippen LogP contribution in [0.5, 0.6) is 0 Å². The molecule has 0 aliphatic heterocycles. The molecule has 3 aliphatic carbocycles. The molecule has 7 aromatic carbocycles. The highest BCUT2D eigenvalue weighted by molar-refractivity contribution is 6.07. The lowest BCUT2D eigenvalue weighted by atomic mass is 9.52. The first-order valence-corrected chi connectivity index (χ1v) is 21.2. The zero-order valence-electron chi connectivity index (χ0n) is 34.4. The van der Waals surface area contributed by atoms with Gasteiger partial charge in [-0.3, -0.25) is 0 Å². The van der Waals surface area contributed by atoms with Gasteiger partial charge in [0.15, 0.2) is 0 Å². The minimum absolute atomic E-state index is 0.422. The van der Waals surface area contributed by atoms with E-state index in [1.807, 2.05) is 0 Å². The summed E-state index contributed by atoms with van der Waals surface area (Å²) < 4.78 is 6.86. The van der Waals surface area contributed by atoms with Gasteiger partial charge in [-0.25, -0.2) is 0 Å². The van der Waals surface area contributed by atoms with Gasteiger partial charge in [-0.05, 0) is 131 Å². The Kier molecular flexibility index (Phi) is 7.24. The van der Waals surface area contributed by atoms with Crippen molar-refractivity contribution < 1.29 is 4.42 Å². The van der Waals surface area contributed by atoms with Gasteiger partial charge in [-0.1, -0.05) is 171 Å². The first-order valence-electron chi connectivity index (χ1n) is 21.2. The topological polar surface area (TPSA) is 13.1 Å². The minimum Gasteiger partial charge on any atom is -0.456 e. The van der Waals surface area contributed by atoms with E-state index in [2.05, 4.69) is 189 Å². The fourth-order valence-corrected chi connectivity index (χ4v) is 11.2. The van der Waals surface area contributed by atoms with Gasteiger partial charge in [0.25, 0.3) is 0 Å². The SMILES string of the molecule is CC(C)c1ccc2c(c1)-c1cc(C(C)C)ccc1C21c2ccccc2C2(c3ccc(C(C)C)cc3-c3cc(C(C)C)ccc32)c2cc3c(cc21)oc1ccccc13. The molecule has 0 saturated heterocycles. The van der Waals surface area contributed by atoms with E-state index in [0.29, 0.717) is 23.7 Å². The van der Waals surface area contributed by atoms with Crippen molar-refractivity contribution in [3.05, 3.63) is 200 Å². The Morgan fingerprint density at radius 2 is 0.684 bits per heavy atom. The molecule has 3 aliphatic rings. The van der Waals surface area contributed by atoms with Crippen molar-refractivity contribution in [2.75, 3.05) is 0 Å². The van der Waals surface area contributed by atoms with Crippen LogP contribution >= 0.6 is 0 Å². The zero-order valence-corrected chi connectivity index (χ0v) is 34.4. The lowest BCUT2D eigenvalue weighted by molar-refractivity contribution is 0.626. The molecule has 0 saturated carbocycles. The molecule has 1 heteroatoms. The molecule has 0 unspecified atom stereocenters. The van der Waals surface area contributed by atoms with Crippen LogP contribution in [0.3, 0.4) is 0 Å². The summed E-state index contributed by atoms with van der Waals surface area (Å²) in [6.07, 6.45) is 0. The van der Waals surface area contributed by atoms with Crippen molar-refractivity contribution in [1.29, 1.82) is 0 Å². The van der Waals surface area contributed by atoms with Crippen molar-refractivity contribution in [2.45, 2.75) is 89.9 Å². The van der Waals surface area contributed by atoms with E-state index in [4.69, 9.17) is 4.42 Å². The maximum atomic E-state index is 6.86. The molecule has 0 bridgehead atoms. The van der Waals surface area contributed by atoms with Crippen molar-refractivity contribution in [2.24, 2.45) is 0 Å². The molecular formula is C56H50O. The van der Waals surface area contributed by atoms with Crippen LogP contribution in [0.25, 0.3) is 44.2 Å². The maximum Gasteiger partial charge on any atom is 0.135 e. The lowest BCUT2D eigenvalue weighted by Crippen LogP contribution is -2.43. The van der Waals surface area contributed by atoms with Gasteiger partial charge in [-0.2, -0.15) is 0 Å². The highest BCUT2D eigenvalue weighted by atomic mass is 16.3. The molecule has 8 aromatic rings. The largest absolute Gasteiger partial charge is 0.456 e. The predicted octanol–water partition coefficient (Wildman–Crippen LogP) is 15.1. The molecule has 280 valence electrons. The summed E-state index contributed by atoms with van der Waals surface area (Å²) in [5.41, 5.74) is 22.6. The summed E-state index contributed by atoms with van der Waals surface area (Å²) in [6.45, 7) is 18.5. The van der Waals surface area contributed by atoms with Crippen LogP contribution in [0.4, 0.5) is 0 Å². The molecule has 2 spiro atoms. The van der Waals surface area contributed by atoms with E-state index in [-0.39, 0.29) is 0 Å². The molecule has 0 N–H and O–H groups in total. The van der Waals surface area contributed by atoms with Crippen LogP contribution in [-0.4, -0.2) is 0 Å². The second-order valence-electron chi connectivity index (χ2n) is 18.4. The lowest BCUT2D eigenvalue weighted by Gasteiger charge is -2.49. The third-order valence-corrected chi connectivity index (χ3v) is 14.1. The normalized spacial score (nSPS) is 15.2. The van der Waals surface area contributed by atoms with Gasteiger partial charge < -0.3 is 4.42 Å². The highest BCUT2D eigenvalue weighted by Gasteiger charge is 2.59. The van der Waals surface area contributed by atoms with Crippen LogP contribution in [0.2, 0.25) is 0 Å². The van der Waals surface area contributed by atoms with Crippen molar-refractivity contribution >= 4 is 21.9 Å². The number of hydrogen-bond acceptors (Lipinski definition) is 1. The number of fused-ring (bicyclic) bond motifs is 19. The molecule has 11 rings (SSSR count). The minimum atomic E-state index is -0.557. The summed E-state index contributed by atoms with van der Waals surface area (Å²) in [6, 6.07) is 52.6. The van der Waals surface area contributed by atoms with Gasteiger partial charge in [0.1, 0.15) is 11.2 Å². The van der Waals surface area contributed by atoms with Gasteiger partial charge in [0.2, 0.25) is 0 Å². The Labute approximate surface area is 337 Å². The summed E-state index contributed by atoms with van der Waals surface area (Å²) in [5, 5.41) is 2.34. The molecule has 1 heterocycles. The van der Waals surface area contributed by atoms with Gasteiger partial charge in [-0.15, -0.1) is 0 Å². The molecule has 57 heavy (non-hydrogen) atoms. The number of furan rings is 1. The average Bonchev–Trinajstić information content (AvgIpc) is 3.83. The standard InChI is InChI=1S/C56H50O/c1-31(2)35-17-21-45-40(25-35)41-26-36(32(3)4)18-22-46(41)55(45)49-14-10-11-15-50(49)56(52-30-54-44(29-51(52)55)39-13-9-12-16-53(39)57-54)47-23-19-37(33(5)6)27-42(47)43-28-38(34(7)8)20-24-48(43)56/h9-34H,1-8H3. The Morgan fingerprint density at radius 1 is 0.316 bits per heavy atom. The Morgan fingerprint density at radius 3 is 1.09 bits per heavy atom. The van der Waals surface area contributed by atoms with E-state index >= 15 is 0 Å². The number of para-hydroxylation sites is 1. The smallest absolute Gasteiger partial charge is 0.135 e. The fourth-order valence-electron chi connectivity index (χ4n) is 11.2. The monoisotopic (exact) mass is 738 g/mol. The van der Waals surface area contributed by atoms with Gasteiger partial charge in [0, 0.05) is 10.8 Å². The van der Waals surface area contributed by atoms with Crippen molar-refractivity contribution in [3.63, 3.8) is 0 Å². The van der Waals surface area contributed by atoms with Crippen LogP contribution < -0.4 is 0 Å². The number of hydrogen-bond donors (Lipinski definition) is 0. The van der Waals surface area contributed by atoms with Crippen molar-refractivity contribution in [1.82, 2.24) is 0 Å². The third-order valence-electron chi connectivity index (χ3n) is 14.1. The summed E-state index contributed by atoms with van der Waals surface area (Å²) in [4.78, 5) is 0. The second kappa shape index (κ2) is 11.9. The zero-order chi connectivity index (χ0) is 39.1. The number of rotatable bonds is 4. The third kappa shape index (κ3) is 4.36. The van der Waals surface area contributed by atoms with Gasteiger partial charge >= 0.3 is 0 Å². The maximum absolute atomic E-state index is 6.86. The van der Waals surface area contributed by atoms with E-state index in [1.54, 1.807) is 0 Å². The van der Waals surface area contributed by atoms with Crippen LogP contribution in [0.15, 0.2) is 138 Å². The molecule has 0 radical (unpaired) electrons. The predicted molar refractivity (Wildman–Crippen MR) is 238 cm³/mol. The van der Waals surface area contributed by atoms with Gasteiger partial charge in [0.05, 0.1) is 10.8 Å². The van der Waals surface area contributed by atoms with Crippen LogP contribution in [-0.2, 0) is 10.8 Å². The first-order chi connectivity index (χ1) is 27.5. The van der Waals surface area contributed by atoms with E-state index < -0.39 is 10.8 Å². The molecule has 0 amide bonds. The van der Waals surface area contributed by atoms with E-state index in [1.165, 1.54) is 94.4 Å². The summed E-state index contributed by atoms with van der Waals surface area (Å²) in [5.74, 6) is 1.69. The highest BCUT2D eigenvalue weighted by Crippen LogP contribution is 2.68. The first kappa shape index (κ1) is 34.6. The molecule has 1 aromatic heterocycles. The average molecular weight is 739 g/mol. The Hall–Kier alpha value is -5.66. The number of benzene rings is 7. The van der Waals surface area contributed by atoms with Crippen molar-refractivity contribution in [3.8, 4) is 22.3 Å². The van der Waals surface area contributed by atoms with Crippen LogP contribution in [0, 0.1) is 0 Å². The molecule has 1 nitrogen and oxygen atoms in total. The molecule has 0 atom stereocenters.